The third-order valence-corrected chi connectivity index (χ3v) is 11.3. The maximum Gasteiger partial charge on any atom is 0.333 e. The maximum atomic E-state index is 12.3. The second-order valence-corrected chi connectivity index (χ2v) is 13.3. The van der Waals surface area contributed by atoms with Gasteiger partial charge < -0.3 is 14.9 Å². The number of aliphatic carboxylic acids is 1. The number of rotatable bonds is 6. The summed E-state index contributed by atoms with van der Waals surface area (Å²) in [5.41, 5.74) is 2.71. The number of aliphatic hydroxyl groups is 1. The van der Waals surface area contributed by atoms with Gasteiger partial charge in [-0.1, -0.05) is 44.9 Å². The molecule has 0 amide bonds. The van der Waals surface area contributed by atoms with Crippen LogP contribution in [0.5, 0.6) is 0 Å². The maximum absolute atomic E-state index is 12.3. The first kappa shape index (κ1) is 26.4. The van der Waals surface area contributed by atoms with Crippen molar-refractivity contribution in [3.8, 4) is 0 Å². The summed E-state index contributed by atoms with van der Waals surface area (Å²) in [4.78, 5) is 23.9. The molecule has 4 rings (SSSR count). The molecule has 4 aliphatic rings. The minimum Gasteiger partial charge on any atom is -0.481 e. The fourth-order valence-electron chi connectivity index (χ4n) is 9.06. The number of carboxylic acids is 1. The van der Waals surface area contributed by atoms with Gasteiger partial charge in [0.15, 0.2) is 0 Å². The molecule has 3 aliphatic carbocycles. The Morgan fingerprint density at radius 2 is 1.86 bits per heavy atom. The van der Waals surface area contributed by atoms with Crippen molar-refractivity contribution >= 4 is 11.9 Å². The van der Waals surface area contributed by atoms with Crippen molar-refractivity contribution < 1.29 is 24.5 Å². The van der Waals surface area contributed by atoms with Gasteiger partial charge in [-0.25, -0.2) is 4.79 Å². The van der Waals surface area contributed by atoms with Gasteiger partial charge in [0.1, 0.15) is 6.10 Å². The van der Waals surface area contributed by atoms with Crippen LogP contribution in [0.25, 0.3) is 0 Å². The van der Waals surface area contributed by atoms with Crippen LogP contribution < -0.4 is 0 Å². The lowest BCUT2D eigenvalue weighted by molar-refractivity contribution is -0.150. The second kappa shape index (κ2) is 8.75. The van der Waals surface area contributed by atoms with Gasteiger partial charge in [0.25, 0.3) is 0 Å². The van der Waals surface area contributed by atoms with Crippen molar-refractivity contribution in [3.05, 3.63) is 22.8 Å². The van der Waals surface area contributed by atoms with Gasteiger partial charge in [0, 0.05) is 18.4 Å². The summed E-state index contributed by atoms with van der Waals surface area (Å²) in [6.07, 6.45) is 9.65. The molecule has 196 valence electrons. The Kier molecular flexibility index (Phi) is 6.61. The van der Waals surface area contributed by atoms with Crippen LogP contribution in [0.1, 0.15) is 106 Å². The molecule has 7 atom stereocenters. The number of carbonyl (C=O) groups is 2. The molecular formula is C30H46O5. The molecule has 1 saturated carbocycles. The average molecular weight is 487 g/mol. The number of carbonyl (C=O) groups excluding carboxylic acids is 1. The van der Waals surface area contributed by atoms with Crippen LogP contribution in [0.3, 0.4) is 0 Å². The van der Waals surface area contributed by atoms with Crippen molar-refractivity contribution in [3.63, 3.8) is 0 Å². The molecule has 0 radical (unpaired) electrons. The molecule has 2 N–H and O–H groups in total. The standard InChI is InChI=1S/C30H46O5/c1-18-8-10-23(35-26(18)33)19(2)20-12-16-30(7)22-9-11-24(27(3,4)34)28(5,15-14-25(31)32)21(22)13-17-29(20,30)6/h8,19-20,23-24,34H,9-17H2,1-7H3,(H,31,32). The van der Waals surface area contributed by atoms with E-state index in [1.54, 1.807) is 5.57 Å². The second-order valence-electron chi connectivity index (χ2n) is 13.3. The number of ether oxygens (including phenoxy) is 1. The van der Waals surface area contributed by atoms with Crippen LogP contribution in [0.15, 0.2) is 22.8 Å². The monoisotopic (exact) mass is 486 g/mol. The van der Waals surface area contributed by atoms with E-state index in [-0.39, 0.29) is 40.7 Å². The van der Waals surface area contributed by atoms with E-state index >= 15 is 0 Å². The number of cyclic esters (lactones) is 1. The summed E-state index contributed by atoms with van der Waals surface area (Å²) in [6.45, 7) is 15.0. The largest absolute Gasteiger partial charge is 0.481 e. The van der Waals surface area contributed by atoms with E-state index in [0.717, 1.165) is 44.9 Å². The number of hydrogen-bond acceptors (Lipinski definition) is 4. The predicted molar refractivity (Wildman–Crippen MR) is 137 cm³/mol. The van der Waals surface area contributed by atoms with Crippen molar-refractivity contribution in [2.45, 2.75) is 118 Å². The molecule has 35 heavy (non-hydrogen) atoms. The molecule has 0 saturated heterocycles. The molecule has 0 spiro atoms. The molecule has 5 nitrogen and oxygen atoms in total. The normalized spacial score (nSPS) is 40.5. The predicted octanol–water partition coefficient (Wildman–Crippen LogP) is 6.45. The van der Waals surface area contributed by atoms with Crippen molar-refractivity contribution in [1.29, 1.82) is 0 Å². The van der Waals surface area contributed by atoms with Crippen molar-refractivity contribution in [2.24, 2.45) is 34.0 Å². The number of esters is 1. The van der Waals surface area contributed by atoms with E-state index in [1.807, 2.05) is 26.8 Å². The first-order valence-electron chi connectivity index (χ1n) is 13.7. The summed E-state index contributed by atoms with van der Waals surface area (Å²) in [5, 5.41) is 20.6. The first-order valence-corrected chi connectivity index (χ1v) is 13.7. The van der Waals surface area contributed by atoms with E-state index in [1.165, 1.54) is 5.57 Å². The summed E-state index contributed by atoms with van der Waals surface area (Å²) in [5.74, 6) is -0.117. The number of allylic oxidation sites excluding steroid dienone is 2. The van der Waals surface area contributed by atoms with E-state index in [9.17, 15) is 19.8 Å². The Morgan fingerprint density at radius 3 is 2.46 bits per heavy atom. The topological polar surface area (TPSA) is 83.8 Å². The minimum atomic E-state index is -0.851. The smallest absolute Gasteiger partial charge is 0.333 e. The first-order chi connectivity index (χ1) is 16.1. The molecule has 0 bridgehead atoms. The molecule has 1 fully saturated rings. The summed E-state index contributed by atoms with van der Waals surface area (Å²) in [7, 11) is 0. The van der Waals surface area contributed by atoms with Gasteiger partial charge >= 0.3 is 11.9 Å². The highest BCUT2D eigenvalue weighted by atomic mass is 16.5. The Bertz CT molecular complexity index is 954. The zero-order chi connectivity index (χ0) is 26.0. The molecule has 7 unspecified atom stereocenters. The van der Waals surface area contributed by atoms with Crippen LogP contribution >= 0.6 is 0 Å². The van der Waals surface area contributed by atoms with E-state index in [2.05, 4.69) is 27.7 Å². The van der Waals surface area contributed by atoms with Crippen molar-refractivity contribution in [2.75, 3.05) is 0 Å². The molecule has 1 heterocycles. The molecule has 0 aromatic carbocycles. The van der Waals surface area contributed by atoms with Crippen LogP contribution in [-0.4, -0.2) is 33.9 Å². The van der Waals surface area contributed by atoms with Crippen molar-refractivity contribution in [1.82, 2.24) is 0 Å². The van der Waals surface area contributed by atoms with Gasteiger partial charge in [-0.15, -0.1) is 0 Å². The van der Waals surface area contributed by atoms with E-state index in [0.29, 0.717) is 23.8 Å². The Hall–Kier alpha value is -1.62. The highest BCUT2D eigenvalue weighted by molar-refractivity contribution is 5.88. The zero-order valence-electron chi connectivity index (χ0n) is 22.9. The number of fused-ring (bicyclic) bond motifs is 2. The molecule has 5 heteroatoms. The van der Waals surface area contributed by atoms with Gasteiger partial charge in [-0.3, -0.25) is 4.79 Å². The minimum absolute atomic E-state index is 0.0499. The van der Waals surface area contributed by atoms with Crippen LogP contribution in [0.2, 0.25) is 0 Å². The molecule has 0 aromatic heterocycles. The van der Waals surface area contributed by atoms with Crippen LogP contribution in [0, 0.1) is 34.0 Å². The third kappa shape index (κ3) is 4.10. The Labute approximate surface area is 211 Å². The fraction of sp³-hybridized carbons (Fsp3) is 0.800. The lowest BCUT2D eigenvalue weighted by Crippen LogP contribution is -2.52. The summed E-state index contributed by atoms with van der Waals surface area (Å²) < 4.78 is 5.87. The Morgan fingerprint density at radius 1 is 1.17 bits per heavy atom. The summed E-state index contributed by atoms with van der Waals surface area (Å²) >= 11 is 0. The molecular weight excluding hydrogens is 440 g/mol. The molecule has 0 aromatic rings. The lowest BCUT2D eigenvalue weighted by Gasteiger charge is -2.59. The lowest BCUT2D eigenvalue weighted by atomic mass is 9.46. The van der Waals surface area contributed by atoms with Gasteiger partial charge in [-0.05, 0) is 99.7 Å². The van der Waals surface area contributed by atoms with Gasteiger partial charge in [0.05, 0.1) is 5.60 Å². The van der Waals surface area contributed by atoms with Gasteiger partial charge in [0.2, 0.25) is 0 Å². The zero-order valence-corrected chi connectivity index (χ0v) is 22.9. The highest BCUT2D eigenvalue weighted by Crippen LogP contribution is 2.71. The Balaban J connectivity index is 1.70. The quantitative estimate of drug-likeness (QED) is 0.333. The summed E-state index contributed by atoms with van der Waals surface area (Å²) in [6, 6.07) is 0. The average Bonchev–Trinajstić information content (AvgIpc) is 3.04. The fourth-order valence-corrected chi connectivity index (χ4v) is 9.06. The molecule has 1 aliphatic heterocycles. The van der Waals surface area contributed by atoms with Gasteiger partial charge in [-0.2, -0.15) is 0 Å². The SMILES string of the molecule is CC1=CCC(C(C)C2CCC3(C)C4=C(CCC23C)C(C)(CCC(=O)O)C(C(C)(C)O)CC4)OC1=O. The van der Waals surface area contributed by atoms with E-state index < -0.39 is 11.6 Å². The number of carboxylic acid groups (broad SMARTS) is 1. The third-order valence-electron chi connectivity index (χ3n) is 11.3. The van der Waals surface area contributed by atoms with Crippen LogP contribution in [-0.2, 0) is 14.3 Å². The highest BCUT2D eigenvalue weighted by Gasteiger charge is 2.62. The van der Waals surface area contributed by atoms with E-state index in [4.69, 9.17) is 4.74 Å². The van der Waals surface area contributed by atoms with Crippen LogP contribution in [0.4, 0.5) is 0 Å². The number of hydrogen-bond donors (Lipinski definition) is 2.